The Labute approximate surface area is 148 Å². The second-order valence-electron chi connectivity index (χ2n) is 6.56. The summed E-state index contributed by atoms with van der Waals surface area (Å²) in [6, 6.07) is 12.8. The van der Waals surface area contributed by atoms with E-state index in [0.717, 1.165) is 30.0 Å². The number of aliphatic carboxylic acids is 1. The third-order valence-corrected chi connectivity index (χ3v) is 6.78. The van der Waals surface area contributed by atoms with Gasteiger partial charge in [0.1, 0.15) is 0 Å². The molecule has 1 fully saturated rings. The van der Waals surface area contributed by atoms with Gasteiger partial charge in [0.15, 0.2) is 0 Å². The predicted octanol–water partition coefficient (Wildman–Crippen LogP) is 3.64. The molecule has 0 aromatic heterocycles. The summed E-state index contributed by atoms with van der Waals surface area (Å²) >= 11 is 0. The smallest absolute Gasteiger partial charge is 0.303 e. The average molecular weight is 361 g/mol. The summed E-state index contributed by atoms with van der Waals surface area (Å²) in [6.07, 6.45) is 3.82. The molecule has 1 heterocycles. The number of carbonyl (C=O) groups is 1. The molecular formula is C19H23NO4S. The van der Waals surface area contributed by atoms with E-state index in [-0.39, 0.29) is 12.5 Å². The summed E-state index contributed by atoms with van der Waals surface area (Å²) in [6.45, 7) is 0.507. The Morgan fingerprint density at radius 2 is 1.88 bits per heavy atom. The zero-order valence-electron chi connectivity index (χ0n) is 14.1. The van der Waals surface area contributed by atoms with Gasteiger partial charge in [0.2, 0.25) is 10.0 Å². The van der Waals surface area contributed by atoms with Gasteiger partial charge in [-0.15, -0.1) is 0 Å². The first-order valence-electron chi connectivity index (χ1n) is 8.71. The number of hydrogen-bond acceptors (Lipinski definition) is 3. The highest BCUT2D eigenvalue weighted by Gasteiger charge is 2.33. The number of fused-ring (bicyclic) bond motifs is 1. The fraction of sp³-hybridized carbons (Fsp3) is 0.421. The summed E-state index contributed by atoms with van der Waals surface area (Å²) in [5.74, 6) is -0.834. The van der Waals surface area contributed by atoms with Crippen LogP contribution in [0.4, 0.5) is 0 Å². The van der Waals surface area contributed by atoms with Gasteiger partial charge in [0.25, 0.3) is 0 Å². The first-order chi connectivity index (χ1) is 12.0. The highest BCUT2D eigenvalue weighted by molar-refractivity contribution is 7.89. The standard InChI is InChI=1S/C19H23NO4S/c21-19(22)10-5-9-17-8-3-4-13-20(17)25(23,24)18-12-11-15-6-1-2-7-16(15)14-18/h1-2,6-7,11-12,14,17H,3-5,8-10,13H2,(H,21,22). The Kier molecular flexibility index (Phi) is 5.39. The Hall–Kier alpha value is -1.92. The average Bonchev–Trinajstić information content (AvgIpc) is 2.61. The third-order valence-electron chi connectivity index (χ3n) is 4.83. The van der Waals surface area contributed by atoms with Gasteiger partial charge in [-0.25, -0.2) is 8.42 Å². The van der Waals surface area contributed by atoms with E-state index < -0.39 is 16.0 Å². The molecule has 0 aliphatic carbocycles. The zero-order valence-corrected chi connectivity index (χ0v) is 14.9. The van der Waals surface area contributed by atoms with Crippen LogP contribution in [0.15, 0.2) is 47.4 Å². The molecule has 5 nitrogen and oxygen atoms in total. The van der Waals surface area contributed by atoms with Crippen LogP contribution >= 0.6 is 0 Å². The topological polar surface area (TPSA) is 74.7 Å². The summed E-state index contributed by atoms with van der Waals surface area (Å²) < 4.78 is 27.9. The van der Waals surface area contributed by atoms with E-state index in [2.05, 4.69) is 0 Å². The molecule has 2 aromatic rings. The van der Waals surface area contributed by atoms with E-state index in [1.807, 2.05) is 30.3 Å². The van der Waals surface area contributed by atoms with Crippen molar-refractivity contribution in [3.63, 3.8) is 0 Å². The Morgan fingerprint density at radius 3 is 2.64 bits per heavy atom. The SMILES string of the molecule is O=C(O)CCCC1CCCCN1S(=O)(=O)c1ccc2ccccc2c1. The van der Waals surface area contributed by atoms with Gasteiger partial charge in [-0.2, -0.15) is 4.31 Å². The number of carboxylic acid groups (broad SMARTS) is 1. The van der Waals surface area contributed by atoms with Crippen molar-refractivity contribution in [2.45, 2.75) is 49.5 Å². The van der Waals surface area contributed by atoms with E-state index in [0.29, 0.717) is 24.3 Å². The summed E-state index contributed by atoms with van der Waals surface area (Å²) in [5, 5.41) is 10.7. The quantitative estimate of drug-likeness (QED) is 0.852. The lowest BCUT2D eigenvalue weighted by atomic mass is 10.00. The minimum absolute atomic E-state index is 0.0837. The minimum atomic E-state index is -3.57. The number of benzene rings is 2. The molecule has 2 aromatic carbocycles. The molecule has 0 bridgehead atoms. The summed E-state index contributed by atoms with van der Waals surface area (Å²) in [4.78, 5) is 11.0. The van der Waals surface area contributed by atoms with Crippen molar-refractivity contribution < 1.29 is 18.3 Å². The van der Waals surface area contributed by atoms with E-state index in [1.165, 1.54) is 0 Å². The first-order valence-corrected chi connectivity index (χ1v) is 10.1. The molecule has 134 valence electrons. The van der Waals surface area contributed by atoms with Gasteiger partial charge in [-0.3, -0.25) is 4.79 Å². The van der Waals surface area contributed by atoms with Crippen molar-refractivity contribution in [1.82, 2.24) is 4.31 Å². The molecule has 1 unspecified atom stereocenters. The molecule has 0 radical (unpaired) electrons. The first kappa shape index (κ1) is 17.9. The van der Waals surface area contributed by atoms with E-state index in [1.54, 1.807) is 16.4 Å². The lowest BCUT2D eigenvalue weighted by Crippen LogP contribution is -2.43. The summed E-state index contributed by atoms with van der Waals surface area (Å²) in [7, 11) is -3.57. The maximum absolute atomic E-state index is 13.1. The van der Waals surface area contributed by atoms with Gasteiger partial charge >= 0.3 is 5.97 Å². The Bertz CT molecular complexity index is 863. The van der Waals surface area contributed by atoms with Crippen LogP contribution < -0.4 is 0 Å². The van der Waals surface area contributed by atoms with E-state index in [9.17, 15) is 13.2 Å². The normalized spacial score (nSPS) is 19.1. The van der Waals surface area contributed by atoms with Gasteiger partial charge in [-0.1, -0.05) is 36.8 Å². The van der Waals surface area contributed by atoms with Gasteiger partial charge in [0.05, 0.1) is 4.90 Å². The highest BCUT2D eigenvalue weighted by atomic mass is 32.2. The largest absolute Gasteiger partial charge is 0.481 e. The van der Waals surface area contributed by atoms with Crippen LogP contribution in [0.25, 0.3) is 10.8 Å². The molecule has 1 aliphatic heterocycles. The molecule has 6 heteroatoms. The number of nitrogens with zero attached hydrogens (tertiary/aromatic N) is 1. The number of rotatable bonds is 6. The molecule has 0 spiro atoms. The number of piperidine rings is 1. The summed E-state index contributed by atoms with van der Waals surface area (Å²) in [5.41, 5.74) is 0. The van der Waals surface area contributed by atoms with Crippen LogP contribution in [0.1, 0.15) is 38.5 Å². The van der Waals surface area contributed by atoms with Gasteiger partial charge in [-0.05, 0) is 48.6 Å². The second-order valence-corrected chi connectivity index (χ2v) is 8.45. The number of hydrogen-bond donors (Lipinski definition) is 1. The van der Waals surface area contributed by atoms with Crippen molar-refractivity contribution in [2.75, 3.05) is 6.54 Å². The van der Waals surface area contributed by atoms with E-state index >= 15 is 0 Å². The molecule has 25 heavy (non-hydrogen) atoms. The predicted molar refractivity (Wildman–Crippen MR) is 97.0 cm³/mol. The molecule has 1 N–H and O–H groups in total. The lowest BCUT2D eigenvalue weighted by molar-refractivity contribution is -0.137. The Morgan fingerprint density at radius 1 is 1.12 bits per heavy atom. The zero-order chi connectivity index (χ0) is 17.9. The minimum Gasteiger partial charge on any atom is -0.481 e. The van der Waals surface area contributed by atoms with Gasteiger partial charge in [0, 0.05) is 19.0 Å². The lowest BCUT2D eigenvalue weighted by Gasteiger charge is -2.34. The van der Waals surface area contributed by atoms with Crippen molar-refractivity contribution >= 4 is 26.8 Å². The number of carboxylic acids is 1. The molecular weight excluding hydrogens is 338 g/mol. The van der Waals surface area contributed by atoms with Crippen molar-refractivity contribution in [2.24, 2.45) is 0 Å². The van der Waals surface area contributed by atoms with Crippen LogP contribution in [0.2, 0.25) is 0 Å². The fourth-order valence-corrected chi connectivity index (χ4v) is 5.29. The molecule has 1 atom stereocenters. The third kappa shape index (κ3) is 4.02. The van der Waals surface area contributed by atoms with Crippen LogP contribution in [0.5, 0.6) is 0 Å². The van der Waals surface area contributed by atoms with Gasteiger partial charge < -0.3 is 5.11 Å². The molecule has 0 saturated carbocycles. The monoisotopic (exact) mass is 361 g/mol. The second kappa shape index (κ2) is 7.54. The van der Waals surface area contributed by atoms with Crippen molar-refractivity contribution in [3.8, 4) is 0 Å². The van der Waals surface area contributed by atoms with Crippen LogP contribution in [-0.4, -0.2) is 36.4 Å². The highest BCUT2D eigenvalue weighted by Crippen LogP contribution is 2.29. The molecule has 3 rings (SSSR count). The van der Waals surface area contributed by atoms with Crippen LogP contribution in [-0.2, 0) is 14.8 Å². The maximum Gasteiger partial charge on any atom is 0.303 e. The van der Waals surface area contributed by atoms with Crippen molar-refractivity contribution in [1.29, 1.82) is 0 Å². The van der Waals surface area contributed by atoms with Crippen LogP contribution in [0.3, 0.4) is 0 Å². The van der Waals surface area contributed by atoms with Crippen molar-refractivity contribution in [3.05, 3.63) is 42.5 Å². The molecule has 1 saturated heterocycles. The maximum atomic E-state index is 13.1. The molecule has 0 amide bonds. The van der Waals surface area contributed by atoms with Crippen LogP contribution in [0, 0.1) is 0 Å². The Balaban J connectivity index is 1.85. The molecule has 1 aliphatic rings. The van der Waals surface area contributed by atoms with E-state index in [4.69, 9.17) is 5.11 Å². The number of sulfonamides is 1. The fourth-order valence-electron chi connectivity index (χ4n) is 3.53.